The van der Waals surface area contributed by atoms with E-state index in [-0.39, 0.29) is 30.5 Å². The van der Waals surface area contributed by atoms with E-state index in [9.17, 15) is 9.59 Å². The second-order valence-electron chi connectivity index (χ2n) is 5.90. The molecule has 3 N–H and O–H groups in total. The van der Waals surface area contributed by atoms with Crippen molar-refractivity contribution in [3.8, 4) is 0 Å². The van der Waals surface area contributed by atoms with Crippen molar-refractivity contribution in [1.82, 2.24) is 10.6 Å². The lowest BCUT2D eigenvalue weighted by atomic mass is 10.0. The number of carboxylic acids is 1. The zero-order valence-electron chi connectivity index (χ0n) is 12.3. The highest BCUT2D eigenvalue weighted by Gasteiger charge is 2.34. The summed E-state index contributed by atoms with van der Waals surface area (Å²) < 4.78 is 0. The van der Waals surface area contributed by atoms with Crippen LogP contribution in [0.25, 0.3) is 0 Å². The van der Waals surface area contributed by atoms with E-state index >= 15 is 0 Å². The summed E-state index contributed by atoms with van der Waals surface area (Å²) in [4.78, 5) is 24.1. The molecule has 1 aromatic rings. The van der Waals surface area contributed by atoms with Crippen LogP contribution in [0.3, 0.4) is 0 Å². The molecule has 6 heteroatoms. The second-order valence-corrected chi connectivity index (χ2v) is 6.88. The van der Waals surface area contributed by atoms with Crippen molar-refractivity contribution in [1.29, 1.82) is 0 Å². The summed E-state index contributed by atoms with van der Waals surface area (Å²) in [6, 6.07) is 3.38. The highest BCUT2D eigenvalue weighted by molar-refractivity contribution is 7.10. The number of rotatable bonds is 7. The van der Waals surface area contributed by atoms with E-state index < -0.39 is 5.97 Å². The Morgan fingerprint density at radius 1 is 1.38 bits per heavy atom. The maximum Gasteiger partial charge on any atom is 0.315 e. The molecular formula is C15H22N2O3S. The molecule has 0 spiro atoms. The lowest BCUT2D eigenvalue weighted by Gasteiger charge is -2.24. The van der Waals surface area contributed by atoms with Crippen molar-refractivity contribution in [3.63, 3.8) is 0 Å². The topological polar surface area (TPSA) is 78.4 Å². The third-order valence-corrected chi connectivity index (χ3v) is 4.66. The Morgan fingerprint density at radius 3 is 2.57 bits per heavy atom. The zero-order valence-corrected chi connectivity index (χ0v) is 13.2. The number of hydrogen-bond donors (Lipinski definition) is 3. The van der Waals surface area contributed by atoms with E-state index in [2.05, 4.69) is 24.5 Å². The molecule has 5 nitrogen and oxygen atoms in total. The first-order chi connectivity index (χ1) is 9.97. The van der Waals surface area contributed by atoms with Gasteiger partial charge in [-0.05, 0) is 36.1 Å². The van der Waals surface area contributed by atoms with E-state index in [1.807, 2.05) is 17.5 Å². The number of carbonyl (C=O) groups excluding carboxylic acids is 1. The van der Waals surface area contributed by atoms with Gasteiger partial charge < -0.3 is 15.7 Å². The largest absolute Gasteiger partial charge is 0.481 e. The third-order valence-electron chi connectivity index (χ3n) is 3.71. The number of nitrogens with one attached hydrogen (secondary N) is 2. The lowest BCUT2D eigenvalue weighted by molar-refractivity contribution is -0.137. The number of hydrogen-bond acceptors (Lipinski definition) is 3. The van der Waals surface area contributed by atoms with E-state index in [1.54, 1.807) is 11.3 Å². The Labute approximate surface area is 128 Å². The predicted molar refractivity (Wildman–Crippen MR) is 82.3 cm³/mol. The summed E-state index contributed by atoms with van der Waals surface area (Å²) in [7, 11) is 0. The summed E-state index contributed by atoms with van der Waals surface area (Å²) >= 11 is 1.61. The fourth-order valence-corrected chi connectivity index (χ4v) is 3.36. The summed E-state index contributed by atoms with van der Waals surface area (Å²) in [6.07, 6.45) is 1.98. The Balaban J connectivity index is 1.93. The molecule has 0 aromatic carbocycles. The fourth-order valence-electron chi connectivity index (χ4n) is 2.41. The molecule has 0 aliphatic heterocycles. The summed E-state index contributed by atoms with van der Waals surface area (Å²) in [5, 5.41) is 16.7. The number of urea groups is 1. The van der Waals surface area contributed by atoms with Crippen LogP contribution in [0.4, 0.5) is 4.79 Å². The van der Waals surface area contributed by atoms with Gasteiger partial charge in [0, 0.05) is 10.9 Å². The van der Waals surface area contributed by atoms with Gasteiger partial charge >= 0.3 is 12.0 Å². The minimum absolute atomic E-state index is 0.0105. The van der Waals surface area contributed by atoms with Gasteiger partial charge in [-0.15, -0.1) is 11.3 Å². The van der Waals surface area contributed by atoms with Gasteiger partial charge in [-0.3, -0.25) is 4.79 Å². The van der Waals surface area contributed by atoms with Crippen molar-refractivity contribution in [2.45, 2.75) is 45.2 Å². The van der Waals surface area contributed by atoms with Crippen molar-refractivity contribution in [2.24, 2.45) is 11.8 Å². The van der Waals surface area contributed by atoms with Crippen LogP contribution in [0.5, 0.6) is 0 Å². The van der Waals surface area contributed by atoms with Crippen LogP contribution in [0.2, 0.25) is 0 Å². The Bertz CT molecular complexity index is 483. The smallest absolute Gasteiger partial charge is 0.315 e. The van der Waals surface area contributed by atoms with Gasteiger partial charge in [0.1, 0.15) is 0 Å². The Hall–Kier alpha value is -1.56. The maximum atomic E-state index is 12.2. The van der Waals surface area contributed by atoms with Crippen molar-refractivity contribution in [3.05, 3.63) is 22.4 Å². The van der Waals surface area contributed by atoms with Gasteiger partial charge in [0.15, 0.2) is 0 Å². The molecule has 2 rings (SSSR count). The molecule has 2 unspecified atom stereocenters. The zero-order chi connectivity index (χ0) is 15.4. The summed E-state index contributed by atoms with van der Waals surface area (Å²) in [5.74, 6) is -0.287. The normalized spacial score (nSPS) is 17.3. The fraction of sp³-hybridized carbons (Fsp3) is 0.600. The molecule has 2 atom stereocenters. The lowest BCUT2D eigenvalue weighted by Crippen LogP contribution is -2.46. The number of thiophene rings is 1. The van der Waals surface area contributed by atoms with Gasteiger partial charge in [-0.25, -0.2) is 4.79 Å². The molecule has 1 aliphatic rings. The molecule has 1 heterocycles. The number of aliphatic carboxylic acids is 1. The minimum Gasteiger partial charge on any atom is -0.481 e. The molecule has 0 saturated heterocycles. The molecule has 116 valence electrons. The average Bonchev–Trinajstić information content (AvgIpc) is 3.10. The van der Waals surface area contributed by atoms with E-state index in [0.717, 1.165) is 17.7 Å². The SMILES string of the molecule is CC(C)C(NC(=O)NC(CC(=O)O)C1CC1)c1cccs1. The minimum atomic E-state index is -0.870. The molecular weight excluding hydrogens is 288 g/mol. The monoisotopic (exact) mass is 310 g/mol. The molecule has 1 aliphatic carbocycles. The molecule has 21 heavy (non-hydrogen) atoms. The second kappa shape index (κ2) is 6.93. The van der Waals surface area contributed by atoms with Crippen LogP contribution >= 0.6 is 11.3 Å². The average molecular weight is 310 g/mol. The standard InChI is InChI=1S/C15H22N2O3S/c1-9(2)14(12-4-3-7-21-12)17-15(20)16-11(8-13(18)19)10-5-6-10/h3-4,7,9-11,14H,5-6,8H2,1-2H3,(H,18,19)(H2,16,17,20). The van der Waals surface area contributed by atoms with Gasteiger partial charge in [-0.1, -0.05) is 19.9 Å². The van der Waals surface area contributed by atoms with Gasteiger partial charge in [0.05, 0.1) is 12.5 Å². The first-order valence-corrected chi connectivity index (χ1v) is 8.17. The number of amides is 2. The molecule has 1 fully saturated rings. The Morgan fingerprint density at radius 2 is 2.10 bits per heavy atom. The van der Waals surface area contributed by atoms with E-state index in [1.165, 1.54) is 0 Å². The first-order valence-electron chi connectivity index (χ1n) is 7.29. The van der Waals surface area contributed by atoms with Gasteiger partial charge in [-0.2, -0.15) is 0 Å². The third kappa shape index (κ3) is 4.74. The van der Waals surface area contributed by atoms with Crippen LogP contribution in [0.15, 0.2) is 17.5 Å². The van der Waals surface area contributed by atoms with E-state index in [0.29, 0.717) is 5.92 Å². The van der Waals surface area contributed by atoms with Crippen LogP contribution in [0, 0.1) is 11.8 Å². The van der Waals surface area contributed by atoms with Gasteiger partial charge in [0.2, 0.25) is 0 Å². The van der Waals surface area contributed by atoms with Crippen molar-refractivity contribution in [2.75, 3.05) is 0 Å². The summed E-state index contributed by atoms with van der Waals surface area (Å²) in [6.45, 7) is 4.11. The first kappa shape index (κ1) is 15.8. The number of carboxylic acid groups (broad SMARTS) is 1. The quantitative estimate of drug-likeness (QED) is 0.724. The highest BCUT2D eigenvalue weighted by Crippen LogP contribution is 2.34. The van der Waals surface area contributed by atoms with Crippen LogP contribution in [0.1, 0.15) is 44.0 Å². The van der Waals surface area contributed by atoms with Crippen molar-refractivity contribution >= 4 is 23.3 Å². The summed E-state index contributed by atoms with van der Waals surface area (Å²) in [5.41, 5.74) is 0. The Kier molecular flexibility index (Phi) is 5.22. The molecule has 0 bridgehead atoms. The predicted octanol–water partition coefficient (Wildman–Crippen LogP) is 3.00. The van der Waals surface area contributed by atoms with E-state index in [4.69, 9.17) is 5.11 Å². The molecule has 1 aromatic heterocycles. The maximum absolute atomic E-state index is 12.2. The molecule has 1 saturated carbocycles. The van der Waals surface area contributed by atoms with Crippen molar-refractivity contribution < 1.29 is 14.7 Å². The van der Waals surface area contributed by atoms with Crippen LogP contribution in [-0.2, 0) is 4.79 Å². The molecule has 2 amide bonds. The van der Waals surface area contributed by atoms with Crippen LogP contribution < -0.4 is 10.6 Å². The number of carbonyl (C=O) groups is 2. The highest BCUT2D eigenvalue weighted by atomic mass is 32.1. The molecule has 0 radical (unpaired) electrons. The van der Waals surface area contributed by atoms with Gasteiger partial charge in [0.25, 0.3) is 0 Å². The van der Waals surface area contributed by atoms with Crippen LogP contribution in [-0.4, -0.2) is 23.1 Å².